The SMILES string of the molecule is CC[C@H](C)C[C@H](C)B(O)O.CC[C@H](C)C[C@H](C)[B-]12OC(=O)C[N+]1([C@H]1CCC[C@@H]1OCc1ccccc1)C(=O)O2.[Na+].[OH-]. The third-order valence-corrected chi connectivity index (χ3v) is 9.43. The molecule has 4 rings (SSSR count). The number of ether oxygens (including phenoxy) is 1. The van der Waals surface area contributed by atoms with Crippen LogP contribution < -0.4 is 29.6 Å². The van der Waals surface area contributed by atoms with Gasteiger partial charge in [0.1, 0.15) is 12.6 Å². The van der Waals surface area contributed by atoms with Gasteiger partial charge in [-0.25, -0.2) is 0 Å². The van der Waals surface area contributed by atoms with Crippen LogP contribution in [0.15, 0.2) is 30.3 Å². The predicted octanol–water partition coefficient (Wildman–Crippen LogP) is 2.53. The minimum absolute atomic E-state index is 0. The number of fused-ring (bicyclic) bond motifs is 1. The molecule has 2 saturated heterocycles. The zero-order valence-electron chi connectivity index (χ0n) is 26.2. The molecule has 1 aliphatic carbocycles. The van der Waals surface area contributed by atoms with Crippen LogP contribution in [0.4, 0.5) is 4.79 Å². The van der Waals surface area contributed by atoms with Crippen molar-refractivity contribution in [2.45, 2.75) is 117 Å². The fraction of sp³-hybridized carbons (Fsp3) is 0.724. The number of carbonyl (C=O) groups excluding carboxylic acids is 2. The Labute approximate surface area is 269 Å². The number of hydrogen-bond acceptors (Lipinski definition) is 8. The normalized spacial score (nSPS) is 29.1. The molecule has 1 amide bonds. The van der Waals surface area contributed by atoms with Gasteiger partial charge in [0.05, 0.1) is 12.6 Å². The zero-order chi connectivity index (χ0) is 28.8. The van der Waals surface area contributed by atoms with Gasteiger partial charge in [0, 0.05) is 0 Å². The molecule has 1 aromatic carbocycles. The summed E-state index contributed by atoms with van der Waals surface area (Å²) in [5.74, 6) is 0.771. The molecule has 226 valence electrons. The maximum atomic E-state index is 12.9. The summed E-state index contributed by atoms with van der Waals surface area (Å²) >= 11 is 0. The van der Waals surface area contributed by atoms with E-state index in [2.05, 4.69) is 34.6 Å². The molecule has 12 heteroatoms. The number of benzene rings is 1. The smallest absolute Gasteiger partial charge is 0.870 e. The van der Waals surface area contributed by atoms with Gasteiger partial charge in [0.2, 0.25) is 0 Å². The van der Waals surface area contributed by atoms with Crippen molar-refractivity contribution in [2.75, 3.05) is 6.54 Å². The van der Waals surface area contributed by atoms with Crippen LogP contribution in [0.25, 0.3) is 0 Å². The fourth-order valence-electron chi connectivity index (χ4n) is 6.69. The minimum atomic E-state index is -2.01. The standard InChI is InChI=1S/C22H32BNO5.C7H17BO2.Na.H2O/c1-4-16(2)13-17(3)23-24(22(26)29-23,14-21(25)28-23)19-11-8-12-20(19)27-15-18-9-6-5-7-10-18;1-4-6(2)5-7(3)8(9)10;;/h5-7,9-10,16-17,19-20H,4,8,11-15H2,1-3H3;6-7,9-10H,4-5H2,1-3H3;;1H2/q;;+1;/p-1/t16-,17-,19-,20-,23?,24?;6-,7-;;/m00../s1. The first-order chi connectivity index (χ1) is 18.5. The van der Waals surface area contributed by atoms with Crippen LogP contribution in [0, 0.1) is 11.8 Å². The van der Waals surface area contributed by atoms with Crippen LogP contribution in [0.1, 0.15) is 92.1 Å². The van der Waals surface area contributed by atoms with Gasteiger partial charge in [-0.1, -0.05) is 91.1 Å². The summed E-state index contributed by atoms with van der Waals surface area (Å²) in [6.45, 7) is 11.1. The molecule has 2 heterocycles. The number of nitrogens with zero attached hydrogens (tertiary/aromatic N) is 1. The van der Waals surface area contributed by atoms with Gasteiger partial charge in [0.15, 0.2) is 0 Å². The molecule has 0 radical (unpaired) electrons. The van der Waals surface area contributed by atoms with Crippen LogP contribution in [0.3, 0.4) is 0 Å². The van der Waals surface area contributed by atoms with E-state index >= 15 is 0 Å². The maximum absolute atomic E-state index is 12.9. The van der Waals surface area contributed by atoms with Gasteiger partial charge in [0.25, 0.3) is 0 Å². The van der Waals surface area contributed by atoms with Gasteiger partial charge >= 0.3 is 55.4 Å². The summed E-state index contributed by atoms with van der Waals surface area (Å²) in [6, 6.07) is 9.98. The molecule has 8 atom stereocenters. The average molecular weight is 585 g/mol. The molecule has 0 spiro atoms. The Morgan fingerprint density at radius 3 is 2.17 bits per heavy atom. The van der Waals surface area contributed by atoms with E-state index in [9.17, 15) is 9.59 Å². The fourth-order valence-corrected chi connectivity index (χ4v) is 6.69. The average Bonchev–Trinajstić information content (AvgIpc) is 3.47. The van der Waals surface area contributed by atoms with E-state index in [4.69, 9.17) is 24.1 Å². The number of quaternary nitrogens is 1. The van der Waals surface area contributed by atoms with Gasteiger partial charge in [-0.3, -0.25) is 4.79 Å². The summed E-state index contributed by atoms with van der Waals surface area (Å²) in [4.78, 5) is 25.4. The topological polar surface area (TPSA) is 132 Å². The molecule has 1 saturated carbocycles. The van der Waals surface area contributed by atoms with Crippen molar-refractivity contribution in [3.63, 3.8) is 0 Å². The second-order valence-corrected chi connectivity index (χ2v) is 12.4. The molecule has 3 N–H and O–H groups in total. The van der Waals surface area contributed by atoms with Crippen LogP contribution in [0.5, 0.6) is 0 Å². The van der Waals surface area contributed by atoms with Crippen molar-refractivity contribution < 1.29 is 73.1 Å². The Bertz CT molecular complexity index is 960. The summed E-state index contributed by atoms with van der Waals surface area (Å²) in [6.07, 6.45) is 6.27. The van der Waals surface area contributed by atoms with Gasteiger partial charge in [-0.2, -0.15) is 4.79 Å². The first-order valence-electron chi connectivity index (χ1n) is 15.0. The van der Waals surface area contributed by atoms with E-state index in [1.54, 1.807) is 0 Å². The summed E-state index contributed by atoms with van der Waals surface area (Å²) in [7, 11) is -1.14. The maximum Gasteiger partial charge on any atom is 1.00 e. The first-order valence-corrected chi connectivity index (χ1v) is 15.0. The van der Waals surface area contributed by atoms with Crippen molar-refractivity contribution in [3.05, 3.63) is 35.9 Å². The predicted molar refractivity (Wildman–Crippen MR) is 155 cm³/mol. The first kappa shape index (κ1) is 38.1. The number of rotatable bonds is 12. The second-order valence-electron chi connectivity index (χ2n) is 12.4. The molecule has 3 fully saturated rings. The van der Waals surface area contributed by atoms with Crippen LogP contribution in [-0.4, -0.2) is 64.5 Å². The Kier molecular flexibility index (Phi) is 15.6. The van der Waals surface area contributed by atoms with E-state index < -0.39 is 13.8 Å². The van der Waals surface area contributed by atoms with Crippen LogP contribution in [0.2, 0.25) is 11.6 Å². The molecular formula is C29H50B2NNaO8. The summed E-state index contributed by atoms with van der Waals surface area (Å²) in [5.41, 5.74) is 1.11. The molecule has 0 bridgehead atoms. The Morgan fingerprint density at radius 1 is 1.00 bits per heavy atom. The zero-order valence-corrected chi connectivity index (χ0v) is 28.2. The van der Waals surface area contributed by atoms with E-state index in [0.717, 1.165) is 50.5 Å². The Balaban J connectivity index is 0.000000606. The van der Waals surface area contributed by atoms with E-state index in [-0.39, 0.29) is 81.8 Å². The van der Waals surface area contributed by atoms with Crippen molar-refractivity contribution in [3.8, 4) is 0 Å². The van der Waals surface area contributed by atoms with E-state index in [1.165, 1.54) is 0 Å². The van der Waals surface area contributed by atoms with Crippen molar-refractivity contribution in [2.24, 2.45) is 11.8 Å². The van der Waals surface area contributed by atoms with E-state index in [0.29, 0.717) is 18.4 Å². The quantitative estimate of drug-likeness (QED) is 0.358. The summed E-state index contributed by atoms with van der Waals surface area (Å²) in [5, 5.41) is 17.4. The molecule has 9 nitrogen and oxygen atoms in total. The van der Waals surface area contributed by atoms with Crippen LogP contribution in [-0.2, 0) is 25.4 Å². The van der Waals surface area contributed by atoms with Crippen molar-refractivity contribution >= 4 is 25.9 Å². The molecule has 0 aromatic heterocycles. The third-order valence-electron chi connectivity index (χ3n) is 9.43. The molecule has 2 aliphatic heterocycles. The number of amides is 1. The van der Waals surface area contributed by atoms with Crippen molar-refractivity contribution in [1.29, 1.82) is 0 Å². The molecular weight excluding hydrogens is 535 g/mol. The minimum Gasteiger partial charge on any atom is -0.870 e. The van der Waals surface area contributed by atoms with Gasteiger partial charge < -0.3 is 34.0 Å². The number of carbonyl (C=O) groups is 2. The second kappa shape index (κ2) is 16.8. The Morgan fingerprint density at radius 2 is 1.61 bits per heavy atom. The Hall–Kier alpha value is -0.910. The van der Waals surface area contributed by atoms with Crippen molar-refractivity contribution in [1.82, 2.24) is 0 Å². The molecule has 41 heavy (non-hydrogen) atoms. The van der Waals surface area contributed by atoms with E-state index in [1.807, 2.05) is 37.3 Å². The molecule has 3 aliphatic rings. The monoisotopic (exact) mass is 585 g/mol. The third kappa shape index (κ3) is 8.38. The van der Waals surface area contributed by atoms with Crippen LogP contribution >= 0.6 is 0 Å². The molecule has 1 aromatic rings. The van der Waals surface area contributed by atoms with Gasteiger partial charge in [-0.05, 0) is 54.7 Å². The number of hydrogen-bond donors (Lipinski definition) is 2. The largest absolute Gasteiger partial charge is 1.00 e. The molecule has 2 unspecified atom stereocenters. The summed E-state index contributed by atoms with van der Waals surface area (Å²) < 4.78 is 17.9. The van der Waals surface area contributed by atoms with Gasteiger partial charge in [-0.15, -0.1) is 0 Å².